The van der Waals surface area contributed by atoms with Crippen LogP contribution in [0.3, 0.4) is 0 Å². The second-order valence-electron chi connectivity index (χ2n) is 12.6. The molecule has 172 valence electrons. The van der Waals surface area contributed by atoms with Crippen molar-refractivity contribution in [2.45, 2.75) is 111 Å². The Morgan fingerprint density at radius 1 is 1.03 bits per heavy atom. The molecule has 0 bridgehead atoms. The third kappa shape index (κ3) is 3.51. The molecule has 7 unspecified atom stereocenters. The summed E-state index contributed by atoms with van der Waals surface area (Å²) in [4.78, 5) is 12.1. The van der Waals surface area contributed by atoms with E-state index < -0.39 is 0 Å². The van der Waals surface area contributed by atoms with E-state index in [0.29, 0.717) is 54.1 Å². The fourth-order valence-electron chi connectivity index (χ4n) is 8.99. The summed E-state index contributed by atoms with van der Waals surface area (Å²) in [6, 6.07) is 0. The average molecular weight is 419 g/mol. The van der Waals surface area contributed by atoms with Crippen LogP contribution < -0.4 is 0 Å². The van der Waals surface area contributed by atoms with Crippen molar-refractivity contribution in [2.75, 3.05) is 0 Å². The molecule has 0 aromatic rings. The van der Waals surface area contributed by atoms with Crippen molar-refractivity contribution in [3.63, 3.8) is 0 Å². The predicted octanol–water partition coefficient (Wildman–Crippen LogP) is 5.62. The van der Waals surface area contributed by atoms with E-state index in [2.05, 4.69) is 34.6 Å². The number of fused-ring (bicyclic) bond motifs is 5. The second-order valence-corrected chi connectivity index (χ2v) is 12.6. The minimum absolute atomic E-state index is 0.0624. The van der Waals surface area contributed by atoms with Crippen LogP contribution in [-0.2, 0) is 4.79 Å². The van der Waals surface area contributed by atoms with Crippen LogP contribution in [0, 0.1) is 52.3 Å². The normalized spacial score (nSPS) is 49.5. The number of rotatable bonds is 5. The Hall–Kier alpha value is -0.410. The van der Waals surface area contributed by atoms with E-state index in [0.717, 1.165) is 31.6 Å². The van der Waals surface area contributed by atoms with E-state index in [1.54, 1.807) is 0 Å². The molecule has 0 amide bonds. The SMILES string of the molecule is CC(C)CCCC(C)C1CCC2C3C(C[C@H](O)C12C)C1(C)CCC(=O)C[C@@H]1C[C@H]3O. The van der Waals surface area contributed by atoms with E-state index in [1.165, 1.54) is 25.7 Å². The summed E-state index contributed by atoms with van der Waals surface area (Å²) in [5, 5.41) is 22.9. The van der Waals surface area contributed by atoms with Crippen molar-refractivity contribution in [2.24, 2.45) is 52.3 Å². The summed E-state index contributed by atoms with van der Waals surface area (Å²) in [5.74, 6) is 3.74. The van der Waals surface area contributed by atoms with Gasteiger partial charge in [-0.3, -0.25) is 4.79 Å². The maximum Gasteiger partial charge on any atom is 0.133 e. The Bertz CT molecular complexity index is 644. The van der Waals surface area contributed by atoms with Crippen molar-refractivity contribution >= 4 is 5.78 Å². The number of ketones is 1. The minimum Gasteiger partial charge on any atom is -0.393 e. The molecular weight excluding hydrogens is 372 g/mol. The topological polar surface area (TPSA) is 57.5 Å². The first-order valence-electron chi connectivity index (χ1n) is 13.0. The highest BCUT2D eigenvalue weighted by molar-refractivity contribution is 5.79. The van der Waals surface area contributed by atoms with Crippen LogP contribution in [0.1, 0.15) is 98.8 Å². The van der Waals surface area contributed by atoms with Crippen LogP contribution in [-0.4, -0.2) is 28.2 Å². The first-order chi connectivity index (χ1) is 14.1. The van der Waals surface area contributed by atoms with Gasteiger partial charge in [0, 0.05) is 12.8 Å². The molecule has 30 heavy (non-hydrogen) atoms. The third-order valence-electron chi connectivity index (χ3n) is 10.8. The number of carbonyl (C=O) groups excluding carboxylic acids is 1. The molecule has 2 N–H and O–H groups in total. The van der Waals surface area contributed by atoms with Crippen LogP contribution in [0.4, 0.5) is 0 Å². The lowest BCUT2D eigenvalue weighted by molar-refractivity contribution is -0.201. The van der Waals surface area contributed by atoms with Crippen molar-refractivity contribution in [1.29, 1.82) is 0 Å². The maximum atomic E-state index is 12.1. The van der Waals surface area contributed by atoms with E-state index in [9.17, 15) is 15.0 Å². The summed E-state index contributed by atoms with van der Waals surface area (Å²) >= 11 is 0. The van der Waals surface area contributed by atoms with Gasteiger partial charge in [-0.25, -0.2) is 0 Å². The average Bonchev–Trinajstić information content (AvgIpc) is 3.02. The monoisotopic (exact) mass is 418 g/mol. The van der Waals surface area contributed by atoms with Gasteiger partial charge in [0.2, 0.25) is 0 Å². The summed E-state index contributed by atoms with van der Waals surface area (Å²) in [7, 11) is 0. The molecule has 0 aromatic carbocycles. The van der Waals surface area contributed by atoms with Gasteiger partial charge in [-0.1, -0.05) is 53.9 Å². The Balaban J connectivity index is 1.56. The van der Waals surface area contributed by atoms with E-state index in [-0.39, 0.29) is 23.0 Å². The van der Waals surface area contributed by atoms with Gasteiger partial charge in [0.25, 0.3) is 0 Å². The lowest BCUT2D eigenvalue weighted by Gasteiger charge is -2.63. The van der Waals surface area contributed by atoms with Crippen molar-refractivity contribution < 1.29 is 15.0 Å². The molecule has 3 nitrogen and oxygen atoms in total. The van der Waals surface area contributed by atoms with Gasteiger partial charge >= 0.3 is 0 Å². The first-order valence-corrected chi connectivity index (χ1v) is 13.0. The molecule has 0 spiro atoms. The number of aliphatic hydroxyl groups is 2. The van der Waals surface area contributed by atoms with Gasteiger partial charge in [0.05, 0.1) is 12.2 Å². The third-order valence-corrected chi connectivity index (χ3v) is 10.8. The van der Waals surface area contributed by atoms with Gasteiger partial charge in [0.1, 0.15) is 5.78 Å². The van der Waals surface area contributed by atoms with Crippen LogP contribution in [0.25, 0.3) is 0 Å². The van der Waals surface area contributed by atoms with Crippen LogP contribution in [0.2, 0.25) is 0 Å². The number of carbonyl (C=O) groups is 1. The molecule has 4 fully saturated rings. The van der Waals surface area contributed by atoms with Crippen LogP contribution in [0.5, 0.6) is 0 Å². The molecule has 4 aliphatic rings. The largest absolute Gasteiger partial charge is 0.393 e. The molecule has 4 aliphatic carbocycles. The highest BCUT2D eigenvalue weighted by Crippen LogP contribution is 2.68. The molecule has 10 atom stereocenters. The molecule has 4 saturated carbocycles. The molecule has 0 radical (unpaired) electrons. The van der Waals surface area contributed by atoms with Gasteiger partial charge in [0.15, 0.2) is 0 Å². The Labute approximate surface area is 184 Å². The maximum absolute atomic E-state index is 12.1. The molecule has 0 saturated heterocycles. The smallest absolute Gasteiger partial charge is 0.133 e. The lowest BCUT2D eigenvalue weighted by atomic mass is 9.43. The van der Waals surface area contributed by atoms with Crippen LogP contribution >= 0.6 is 0 Å². The summed E-state index contributed by atoms with van der Waals surface area (Å²) in [5.41, 5.74) is 0.0498. The summed E-state index contributed by atoms with van der Waals surface area (Å²) in [6.45, 7) is 11.8. The zero-order valence-corrected chi connectivity index (χ0v) is 20.1. The highest BCUT2D eigenvalue weighted by atomic mass is 16.3. The van der Waals surface area contributed by atoms with Gasteiger partial charge < -0.3 is 10.2 Å². The minimum atomic E-state index is -0.300. The summed E-state index contributed by atoms with van der Waals surface area (Å²) in [6.07, 6.45) is 9.54. The van der Waals surface area contributed by atoms with Gasteiger partial charge in [-0.2, -0.15) is 0 Å². The fraction of sp³-hybridized carbons (Fsp3) is 0.963. The molecule has 0 aromatic heterocycles. The lowest BCUT2D eigenvalue weighted by Crippen LogP contribution is -2.62. The Kier molecular flexibility index (Phi) is 6.21. The number of Topliss-reactive ketones (excluding diaryl/α,β-unsaturated/α-hetero) is 1. The molecule has 0 aliphatic heterocycles. The number of hydrogen-bond donors (Lipinski definition) is 2. The number of aliphatic hydroxyl groups excluding tert-OH is 2. The Morgan fingerprint density at radius 2 is 1.77 bits per heavy atom. The molecular formula is C27H46O3. The van der Waals surface area contributed by atoms with Crippen LogP contribution in [0.15, 0.2) is 0 Å². The van der Waals surface area contributed by atoms with E-state index in [4.69, 9.17) is 0 Å². The van der Waals surface area contributed by atoms with E-state index >= 15 is 0 Å². The van der Waals surface area contributed by atoms with Gasteiger partial charge in [-0.15, -0.1) is 0 Å². The standard InChI is InChI=1S/C27H46O3/c1-16(2)7-6-8-17(3)20-9-10-21-25-22(15-24(30)27(20,21)5)26(4)12-11-19(28)13-18(26)14-23(25)29/h16-18,20-25,29-30H,6-15H2,1-5H3/t17?,18-,20?,21?,22?,23-,24+,25?,26?,27?/m1/s1. The number of hydrogen-bond acceptors (Lipinski definition) is 3. The van der Waals surface area contributed by atoms with E-state index in [1.807, 2.05) is 0 Å². The Morgan fingerprint density at radius 3 is 2.47 bits per heavy atom. The molecule has 4 rings (SSSR count). The quantitative estimate of drug-likeness (QED) is 0.609. The predicted molar refractivity (Wildman–Crippen MR) is 121 cm³/mol. The van der Waals surface area contributed by atoms with Crippen molar-refractivity contribution in [3.05, 3.63) is 0 Å². The second kappa shape index (κ2) is 8.18. The highest BCUT2D eigenvalue weighted by Gasteiger charge is 2.65. The molecule has 3 heteroatoms. The first kappa shape index (κ1) is 22.8. The molecule has 0 heterocycles. The summed E-state index contributed by atoms with van der Waals surface area (Å²) < 4.78 is 0. The van der Waals surface area contributed by atoms with Gasteiger partial charge in [-0.05, 0) is 84.4 Å². The van der Waals surface area contributed by atoms with Crippen molar-refractivity contribution in [3.8, 4) is 0 Å². The zero-order chi connectivity index (χ0) is 21.8. The fourth-order valence-corrected chi connectivity index (χ4v) is 8.99. The van der Waals surface area contributed by atoms with Crippen molar-refractivity contribution in [1.82, 2.24) is 0 Å². The zero-order valence-electron chi connectivity index (χ0n) is 20.1.